The van der Waals surface area contributed by atoms with E-state index >= 15 is 0 Å². The number of carbonyl (C=O) groups excluding carboxylic acids is 1. The van der Waals surface area contributed by atoms with E-state index in [2.05, 4.69) is 22.9 Å². The molecule has 0 spiro atoms. The number of thioether (sulfide) groups is 1. The van der Waals surface area contributed by atoms with Crippen LogP contribution in [0.1, 0.15) is 18.4 Å². The summed E-state index contributed by atoms with van der Waals surface area (Å²) in [6, 6.07) is 18.0. The summed E-state index contributed by atoms with van der Waals surface area (Å²) in [6.45, 7) is 2.58. The lowest BCUT2D eigenvalue weighted by Crippen LogP contribution is -2.35. The zero-order valence-electron chi connectivity index (χ0n) is 17.6. The zero-order valence-corrected chi connectivity index (χ0v) is 19.2. The SMILES string of the molecule is O=C1/C(=C/c2cn(CCOc3ccccc3)c3ccccc23)SC(=S)N1CC1CCCO1. The van der Waals surface area contributed by atoms with Crippen molar-refractivity contribution in [1.82, 2.24) is 9.47 Å². The highest BCUT2D eigenvalue weighted by Crippen LogP contribution is 2.35. The Morgan fingerprint density at radius 3 is 2.78 bits per heavy atom. The van der Waals surface area contributed by atoms with E-state index in [1.165, 1.54) is 11.8 Å². The molecule has 1 atom stereocenters. The summed E-state index contributed by atoms with van der Waals surface area (Å²) in [7, 11) is 0. The molecule has 1 unspecified atom stereocenters. The first-order chi connectivity index (χ1) is 15.7. The van der Waals surface area contributed by atoms with E-state index in [0.29, 0.717) is 28.9 Å². The molecule has 1 aromatic heterocycles. The molecule has 0 saturated carbocycles. The van der Waals surface area contributed by atoms with Crippen LogP contribution in [-0.4, -0.2) is 45.6 Å². The van der Waals surface area contributed by atoms with Gasteiger partial charge in [0.05, 0.1) is 24.1 Å². The summed E-state index contributed by atoms with van der Waals surface area (Å²) in [5.41, 5.74) is 2.13. The number of fused-ring (bicyclic) bond motifs is 1. The van der Waals surface area contributed by atoms with Crippen LogP contribution in [0.2, 0.25) is 0 Å². The molecule has 7 heteroatoms. The summed E-state index contributed by atoms with van der Waals surface area (Å²) in [4.78, 5) is 15.4. The minimum atomic E-state index is -0.0280. The van der Waals surface area contributed by atoms with E-state index in [9.17, 15) is 4.79 Å². The molecule has 1 amide bonds. The van der Waals surface area contributed by atoms with Crippen molar-refractivity contribution in [3.05, 3.63) is 71.3 Å². The van der Waals surface area contributed by atoms with Crippen LogP contribution in [0.15, 0.2) is 65.7 Å². The third kappa shape index (κ3) is 4.46. The van der Waals surface area contributed by atoms with Gasteiger partial charge in [0.2, 0.25) is 0 Å². The normalized spacial score (nSPS) is 20.1. The fourth-order valence-corrected chi connectivity index (χ4v) is 5.41. The second-order valence-electron chi connectivity index (χ2n) is 7.88. The van der Waals surface area contributed by atoms with Crippen molar-refractivity contribution in [3.63, 3.8) is 0 Å². The third-order valence-corrected chi connectivity index (χ3v) is 7.11. The first-order valence-corrected chi connectivity index (χ1v) is 12.0. The molecule has 3 aromatic rings. The second kappa shape index (κ2) is 9.48. The molecule has 0 bridgehead atoms. The molecule has 5 nitrogen and oxygen atoms in total. The average molecular weight is 465 g/mol. The molecule has 32 heavy (non-hydrogen) atoms. The Bertz CT molecular complexity index is 1170. The Labute approximate surface area is 197 Å². The number of amides is 1. The number of carbonyl (C=O) groups is 1. The van der Waals surface area contributed by atoms with Gasteiger partial charge in [0.15, 0.2) is 0 Å². The summed E-state index contributed by atoms with van der Waals surface area (Å²) in [5.74, 6) is 0.832. The van der Waals surface area contributed by atoms with E-state index in [0.717, 1.165) is 41.7 Å². The topological polar surface area (TPSA) is 43.7 Å². The molecule has 0 aliphatic carbocycles. The Kier molecular flexibility index (Phi) is 6.30. The minimum Gasteiger partial charge on any atom is -0.492 e. The molecule has 0 N–H and O–H groups in total. The monoisotopic (exact) mass is 464 g/mol. The van der Waals surface area contributed by atoms with E-state index < -0.39 is 0 Å². The number of hydrogen-bond acceptors (Lipinski definition) is 5. The van der Waals surface area contributed by atoms with Gasteiger partial charge in [0.1, 0.15) is 16.7 Å². The van der Waals surface area contributed by atoms with Crippen LogP contribution in [0.3, 0.4) is 0 Å². The number of ether oxygens (including phenoxy) is 2. The molecular weight excluding hydrogens is 440 g/mol. The predicted molar refractivity (Wildman–Crippen MR) is 133 cm³/mol. The second-order valence-corrected chi connectivity index (χ2v) is 9.56. The largest absolute Gasteiger partial charge is 0.492 e. The summed E-state index contributed by atoms with van der Waals surface area (Å²) >= 11 is 6.87. The molecular formula is C25H24N2O3S2. The van der Waals surface area contributed by atoms with Gasteiger partial charge in [-0.05, 0) is 37.1 Å². The number of para-hydroxylation sites is 2. The summed E-state index contributed by atoms with van der Waals surface area (Å²) in [6.07, 6.45) is 6.16. The van der Waals surface area contributed by atoms with Gasteiger partial charge < -0.3 is 14.0 Å². The molecule has 0 radical (unpaired) electrons. The number of nitrogens with zero attached hydrogens (tertiary/aromatic N) is 2. The Hall–Kier alpha value is -2.61. The van der Waals surface area contributed by atoms with Crippen molar-refractivity contribution in [2.45, 2.75) is 25.5 Å². The molecule has 2 aliphatic heterocycles. The predicted octanol–water partition coefficient (Wildman–Crippen LogP) is 5.10. The van der Waals surface area contributed by atoms with Gasteiger partial charge in [-0.15, -0.1) is 0 Å². The van der Waals surface area contributed by atoms with Crippen molar-refractivity contribution in [2.24, 2.45) is 0 Å². The highest BCUT2D eigenvalue weighted by molar-refractivity contribution is 8.26. The lowest BCUT2D eigenvalue weighted by Gasteiger charge is -2.18. The molecule has 2 fully saturated rings. The van der Waals surface area contributed by atoms with Crippen molar-refractivity contribution in [1.29, 1.82) is 0 Å². The van der Waals surface area contributed by atoms with Crippen molar-refractivity contribution >= 4 is 51.2 Å². The summed E-state index contributed by atoms with van der Waals surface area (Å²) in [5, 5.41) is 1.11. The molecule has 2 aliphatic rings. The fraction of sp³-hybridized carbons (Fsp3) is 0.280. The van der Waals surface area contributed by atoms with Crippen molar-refractivity contribution in [3.8, 4) is 5.75 Å². The van der Waals surface area contributed by atoms with E-state index in [1.54, 1.807) is 4.90 Å². The Morgan fingerprint density at radius 1 is 1.16 bits per heavy atom. The van der Waals surface area contributed by atoms with Crippen LogP contribution < -0.4 is 4.74 Å². The van der Waals surface area contributed by atoms with Gasteiger partial charge in [-0.25, -0.2) is 0 Å². The van der Waals surface area contributed by atoms with E-state index in [-0.39, 0.29) is 12.0 Å². The van der Waals surface area contributed by atoms with E-state index in [4.69, 9.17) is 21.7 Å². The third-order valence-electron chi connectivity index (χ3n) is 5.73. The summed E-state index contributed by atoms with van der Waals surface area (Å²) < 4.78 is 14.4. The highest BCUT2D eigenvalue weighted by atomic mass is 32.2. The minimum absolute atomic E-state index is 0.0280. The maximum absolute atomic E-state index is 13.0. The van der Waals surface area contributed by atoms with Gasteiger partial charge in [-0.3, -0.25) is 9.69 Å². The maximum atomic E-state index is 13.0. The van der Waals surface area contributed by atoms with Crippen LogP contribution in [-0.2, 0) is 16.1 Å². The van der Waals surface area contributed by atoms with E-state index in [1.807, 2.05) is 48.5 Å². The first-order valence-electron chi connectivity index (χ1n) is 10.8. The number of hydrogen-bond donors (Lipinski definition) is 0. The lowest BCUT2D eigenvalue weighted by molar-refractivity contribution is -0.123. The fourth-order valence-electron chi connectivity index (χ4n) is 4.14. The molecule has 164 valence electrons. The molecule has 2 aromatic carbocycles. The quantitative estimate of drug-likeness (QED) is 0.360. The number of thiocarbonyl (C=S) groups is 1. The Balaban J connectivity index is 1.35. The van der Waals surface area contributed by atoms with Crippen LogP contribution in [0.4, 0.5) is 0 Å². The van der Waals surface area contributed by atoms with Crippen molar-refractivity contribution in [2.75, 3.05) is 19.8 Å². The van der Waals surface area contributed by atoms with Crippen LogP contribution in [0.25, 0.3) is 17.0 Å². The highest BCUT2D eigenvalue weighted by Gasteiger charge is 2.34. The average Bonchev–Trinajstić information content (AvgIpc) is 3.51. The Morgan fingerprint density at radius 2 is 1.97 bits per heavy atom. The van der Waals surface area contributed by atoms with Gasteiger partial charge in [0.25, 0.3) is 5.91 Å². The zero-order chi connectivity index (χ0) is 21.9. The molecule has 3 heterocycles. The molecule has 2 saturated heterocycles. The van der Waals surface area contributed by atoms with Gasteiger partial charge in [-0.1, -0.05) is 60.4 Å². The van der Waals surface area contributed by atoms with Crippen LogP contribution in [0, 0.1) is 0 Å². The van der Waals surface area contributed by atoms with Crippen molar-refractivity contribution < 1.29 is 14.3 Å². The lowest BCUT2D eigenvalue weighted by atomic mass is 10.1. The van der Waals surface area contributed by atoms with Gasteiger partial charge in [0, 0.05) is 29.3 Å². The number of rotatable bonds is 7. The number of benzene rings is 2. The smallest absolute Gasteiger partial charge is 0.266 e. The first kappa shape index (κ1) is 21.2. The number of aromatic nitrogens is 1. The van der Waals surface area contributed by atoms with Gasteiger partial charge in [-0.2, -0.15) is 0 Å². The van der Waals surface area contributed by atoms with Crippen LogP contribution >= 0.6 is 24.0 Å². The van der Waals surface area contributed by atoms with Crippen LogP contribution in [0.5, 0.6) is 5.75 Å². The van der Waals surface area contributed by atoms with Gasteiger partial charge >= 0.3 is 0 Å². The standard InChI is InChI=1S/C25H24N2O3S2/c28-24-23(32-25(31)27(24)17-20-9-6-13-29-20)15-18-16-26(22-11-5-4-10-21(18)22)12-14-30-19-7-2-1-3-8-19/h1-5,7-8,10-11,15-16,20H,6,9,12-14,17H2/b23-15-. The maximum Gasteiger partial charge on any atom is 0.266 e. The molecule has 5 rings (SSSR count).